The quantitative estimate of drug-likeness (QED) is 0.588. The number of anilines is 3. The first-order valence-corrected chi connectivity index (χ1v) is 9.55. The molecule has 1 aromatic heterocycles. The number of nitrogens with one attached hydrogen (secondary N) is 2. The predicted molar refractivity (Wildman–Crippen MR) is 111 cm³/mol. The second-order valence-electron chi connectivity index (χ2n) is 6.39. The summed E-state index contributed by atoms with van der Waals surface area (Å²) in [5.41, 5.74) is 1.49. The lowest BCUT2D eigenvalue weighted by Gasteiger charge is -2.22. The average Bonchev–Trinajstić information content (AvgIpc) is 3.18. The molecule has 138 valence electrons. The molecule has 2 amide bonds. The lowest BCUT2D eigenvalue weighted by atomic mass is 10.1. The van der Waals surface area contributed by atoms with E-state index in [0.717, 1.165) is 41.5 Å². The van der Waals surface area contributed by atoms with Gasteiger partial charge in [-0.3, -0.25) is 5.32 Å². The van der Waals surface area contributed by atoms with Gasteiger partial charge in [-0.15, -0.1) is 0 Å². The number of fused-ring (bicyclic) bond motifs is 1. The van der Waals surface area contributed by atoms with E-state index in [1.54, 1.807) is 18.2 Å². The second-order valence-corrected chi connectivity index (χ2v) is 7.31. The molecule has 3 aromatic rings. The van der Waals surface area contributed by atoms with Crippen LogP contribution in [0.3, 0.4) is 0 Å². The van der Waals surface area contributed by atoms with Gasteiger partial charge in [0.1, 0.15) is 5.58 Å². The van der Waals surface area contributed by atoms with Crippen LogP contribution in [0.15, 0.2) is 62.2 Å². The van der Waals surface area contributed by atoms with Gasteiger partial charge in [-0.25, -0.2) is 9.59 Å². The fraction of sp³-hybridized carbons (Fsp3) is 0.200. The summed E-state index contributed by atoms with van der Waals surface area (Å²) in [4.78, 5) is 27.2. The Hall–Kier alpha value is -2.80. The molecule has 2 heterocycles. The third-order valence-electron chi connectivity index (χ3n) is 4.55. The minimum atomic E-state index is -0.554. The van der Waals surface area contributed by atoms with Crippen molar-refractivity contribution in [1.82, 2.24) is 0 Å². The van der Waals surface area contributed by atoms with Crippen LogP contribution in [0.1, 0.15) is 12.8 Å². The van der Waals surface area contributed by atoms with Crippen LogP contribution in [0.2, 0.25) is 0 Å². The van der Waals surface area contributed by atoms with Gasteiger partial charge >= 0.3 is 11.7 Å². The number of amides is 2. The van der Waals surface area contributed by atoms with E-state index in [9.17, 15) is 9.59 Å². The summed E-state index contributed by atoms with van der Waals surface area (Å²) in [6, 6.07) is 14.1. The van der Waals surface area contributed by atoms with Crippen LogP contribution in [0.25, 0.3) is 11.0 Å². The van der Waals surface area contributed by atoms with Gasteiger partial charge in [0.25, 0.3) is 0 Å². The van der Waals surface area contributed by atoms with Crippen LogP contribution in [0.4, 0.5) is 21.9 Å². The van der Waals surface area contributed by atoms with Crippen molar-refractivity contribution in [2.24, 2.45) is 0 Å². The molecule has 0 radical (unpaired) electrons. The zero-order valence-corrected chi connectivity index (χ0v) is 16.1. The number of carbonyl (C=O) groups is 1. The van der Waals surface area contributed by atoms with E-state index in [1.165, 1.54) is 0 Å². The van der Waals surface area contributed by atoms with E-state index in [0.29, 0.717) is 11.3 Å². The summed E-state index contributed by atoms with van der Waals surface area (Å²) in [7, 11) is 0. The first kappa shape index (κ1) is 17.6. The molecule has 1 saturated heterocycles. The Balaban J connectivity index is 1.70. The standard InChI is InChI=1S/C20H18BrN3O3/c21-13-7-9-14(10-8-13)22-20(26)23-17-18(24-11-3-4-12-24)15-5-1-2-6-16(15)27-19(17)25/h1-2,5-10H,3-4,11-12H2,(H2,22,23,26). The topological polar surface area (TPSA) is 74.6 Å². The van der Waals surface area contributed by atoms with Crippen LogP contribution in [0, 0.1) is 0 Å². The molecule has 6 nitrogen and oxygen atoms in total. The number of hydrogen-bond acceptors (Lipinski definition) is 4. The Kier molecular flexibility index (Phi) is 4.85. The first-order valence-electron chi connectivity index (χ1n) is 8.76. The zero-order chi connectivity index (χ0) is 18.8. The van der Waals surface area contributed by atoms with Crippen LogP contribution >= 0.6 is 15.9 Å². The molecule has 1 fully saturated rings. The Morgan fingerprint density at radius 1 is 1.00 bits per heavy atom. The second kappa shape index (κ2) is 7.44. The van der Waals surface area contributed by atoms with E-state index in [2.05, 4.69) is 31.5 Å². The highest BCUT2D eigenvalue weighted by Gasteiger charge is 2.23. The van der Waals surface area contributed by atoms with Crippen molar-refractivity contribution >= 4 is 50.0 Å². The van der Waals surface area contributed by atoms with Crippen molar-refractivity contribution in [3.63, 3.8) is 0 Å². The van der Waals surface area contributed by atoms with Gasteiger partial charge in [-0.2, -0.15) is 0 Å². The number of hydrogen-bond donors (Lipinski definition) is 2. The lowest BCUT2D eigenvalue weighted by molar-refractivity contribution is 0.262. The van der Waals surface area contributed by atoms with Gasteiger partial charge in [0.05, 0.1) is 5.69 Å². The Morgan fingerprint density at radius 3 is 2.44 bits per heavy atom. The number of halogens is 1. The van der Waals surface area contributed by atoms with Gasteiger partial charge in [0.15, 0.2) is 5.69 Å². The number of benzene rings is 2. The van der Waals surface area contributed by atoms with Gasteiger partial charge in [-0.1, -0.05) is 28.1 Å². The molecule has 0 spiro atoms. The summed E-state index contributed by atoms with van der Waals surface area (Å²) in [6.45, 7) is 1.69. The first-order chi connectivity index (χ1) is 13.1. The van der Waals surface area contributed by atoms with Crippen molar-refractivity contribution in [2.75, 3.05) is 28.6 Å². The van der Waals surface area contributed by atoms with Crippen molar-refractivity contribution in [3.8, 4) is 0 Å². The maximum atomic E-state index is 12.6. The molecule has 1 aliphatic heterocycles. The SMILES string of the molecule is O=C(Nc1ccc(Br)cc1)Nc1c(N2CCCC2)c2ccccc2oc1=O. The van der Waals surface area contributed by atoms with Gasteiger partial charge in [0.2, 0.25) is 0 Å². The van der Waals surface area contributed by atoms with Crippen molar-refractivity contribution in [3.05, 3.63) is 63.4 Å². The summed E-state index contributed by atoms with van der Waals surface area (Å²) in [6.07, 6.45) is 2.11. The smallest absolute Gasteiger partial charge is 0.362 e. The van der Waals surface area contributed by atoms with Crippen LogP contribution in [-0.4, -0.2) is 19.1 Å². The summed E-state index contributed by atoms with van der Waals surface area (Å²) < 4.78 is 6.35. The number of nitrogens with zero attached hydrogens (tertiary/aromatic N) is 1. The molecule has 2 aromatic carbocycles. The van der Waals surface area contributed by atoms with Crippen molar-refractivity contribution in [2.45, 2.75) is 12.8 Å². The largest absolute Gasteiger partial charge is 0.421 e. The number of urea groups is 1. The van der Waals surface area contributed by atoms with E-state index in [1.807, 2.05) is 30.3 Å². The fourth-order valence-corrected chi connectivity index (χ4v) is 3.59. The number of rotatable bonds is 3. The van der Waals surface area contributed by atoms with E-state index in [-0.39, 0.29) is 5.69 Å². The number of carbonyl (C=O) groups excluding carboxylic acids is 1. The van der Waals surface area contributed by atoms with Gasteiger partial charge < -0.3 is 14.6 Å². The minimum absolute atomic E-state index is 0.171. The summed E-state index contributed by atoms with van der Waals surface area (Å²) in [5, 5.41) is 6.26. The maximum absolute atomic E-state index is 12.6. The van der Waals surface area contributed by atoms with Crippen molar-refractivity contribution in [1.29, 1.82) is 0 Å². The third-order valence-corrected chi connectivity index (χ3v) is 5.08. The van der Waals surface area contributed by atoms with Crippen LogP contribution < -0.4 is 21.2 Å². The molecule has 7 heteroatoms. The van der Waals surface area contributed by atoms with E-state index >= 15 is 0 Å². The minimum Gasteiger partial charge on any atom is -0.421 e. The fourth-order valence-electron chi connectivity index (χ4n) is 3.32. The lowest BCUT2D eigenvalue weighted by Crippen LogP contribution is -2.27. The normalized spacial score (nSPS) is 13.7. The predicted octanol–water partition coefficient (Wildman–Crippen LogP) is 4.80. The van der Waals surface area contributed by atoms with E-state index < -0.39 is 11.7 Å². The van der Waals surface area contributed by atoms with Gasteiger partial charge in [0, 0.05) is 28.6 Å². The zero-order valence-electron chi connectivity index (χ0n) is 14.5. The number of para-hydroxylation sites is 1. The molecule has 27 heavy (non-hydrogen) atoms. The van der Waals surface area contributed by atoms with Gasteiger partial charge in [-0.05, 0) is 49.2 Å². The summed E-state index contributed by atoms with van der Waals surface area (Å²) >= 11 is 3.36. The third kappa shape index (κ3) is 3.68. The Labute approximate surface area is 164 Å². The van der Waals surface area contributed by atoms with E-state index in [4.69, 9.17) is 4.42 Å². The molecule has 4 rings (SSSR count). The Morgan fingerprint density at radius 2 is 1.70 bits per heavy atom. The molecule has 2 N–H and O–H groups in total. The highest BCUT2D eigenvalue weighted by molar-refractivity contribution is 9.10. The van der Waals surface area contributed by atoms with Crippen LogP contribution in [-0.2, 0) is 0 Å². The molecule has 0 bridgehead atoms. The molecule has 0 atom stereocenters. The highest BCUT2D eigenvalue weighted by atomic mass is 79.9. The highest BCUT2D eigenvalue weighted by Crippen LogP contribution is 2.34. The molecular weight excluding hydrogens is 410 g/mol. The molecule has 0 unspecified atom stereocenters. The molecule has 0 saturated carbocycles. The molecular formula is C20H18BrN3O3. The maximum Gasteiger partial charge on any atom is 0.362 e. The van der Waals surface area contributed by atoms with Crippen molar-refractivity contribution < 1.29 is 9.21 Å². The average molecular weight is 428 g/mol. The summed E-state index contributed by atoms with van der Waals surface area (Å²) in [5.74, 6) is 0. The molecule has 1 aliphatic rings. The Bertz CT molecular complexity index is 1040. The van der Waals surface area contributed by atoms with Crippen LogP contribution in [0.5, 0.6) is 0 Å². The monoisotopic (exact) mass is 427 g/mol. The molecule has 0 aliphatic carbocycles.